The number of benzene rings is 2. The number of hydrogen-bond donors (Lipinski definition) is 2. The van der Waals surface area contributed by atoms with Gasteiger partial charge in [-0.1, -0.05) is 24.3 Å². The molecule has 2 aromatic carbocycles. The van der Waals surface area contributed by atoms with E-state index in [0.29, 0.717) is 12.1 Å². The van der Waals surface area contributed by atoms with Gasteiger partial charge < -0.3 is 15.3 Å². The first-order valence-corrected chi connectivity index (χ1v) is 8.49. The van der Waals surface area contributed by atoms with Crippen LogP contribution in [0.5, 0.6) is 0 Å². The maximum Gasteiger partial charge on any atom is 0.251 e. The Kier molecular flexibility index (Phi) is 6.82. The molecule has 0 saturated carbocycles. The lowest BCUT2D eigenvalue weighted by atomic mass is 10.1. The van der Waals surface area contributed by atoms with Crippen LogP contribution in [0.3, 0.4) is 0 Å². The molecule has 0 saturated heterocycles. The lowest BCUT2D eigenvalue weighted by Gasteiger charge is -2.21. The average molecular weight is 326 g/mol. The van der Waals surface area contributed by atoms with Crippen LogP contribution in [0, 0.1) is 0 Å². The van der Waals surface area contributed by atoms with Crippen LogP contribution in [0.1, 0.15) is 35.3 Å². The predicted molar refractivity (Wildman–Crippen MR) is 98.4 cm³/mol. The normalized spacial score (nSPS) is 10.5. The highest BCUT2D eigenvalue weighted by Gasteiger charge is 2.07. The fourth-order valence-corrected chi connectivity index (χ4v) is 2.65. The second-order valence-electron chi connectivity index (χ2n) is 5.70. The molecule has 0 unspecified atom stereocenters. The number of hydrogen-bond acceptors (Lipinski definition) is 3. The Hall–Kier alpha value is -2.33. The van der Waals surface area contributed by atoms with Gasteiger partial charge in [0.2, 0.25) is 0 Å². The quantitative estimate of drug-likeness (QED) is 0.784. The standard InChI is InChI=1S/C20H26N2O2/c1-3-22(4-2)19-11-9-18(10-12-19)20(24)21-14-13-16-5-7-17(15-23)8-6-16/h5-12,23H,3-4,13-15H2,1-2H3,(H,21,24). The molecule has 0 aliphatic carbocycles. The fraction of sp³-hybridized carbons (Fsp3) is 0.350. The van der Waals surface area contributed by atoms with Gasteiger partial charge in [0, 0.05) is 30.9 Å². The average Bonchev–Trinajstić information content (AvgIpc) is 2.64. The molecule has 0 fully saturated rings. The summed E-state index contributed by atoms with van der Waals surface area (Å²) in [6, 6.07) is 15.5. The van der Waals surface area contributed by atoms with Crippen molar-refractivity contribution in [1.82, 2.24) is 5.32 Å². The summed E-state index contributed by atoms with van der Waals surface area (Å²) in [5.74, 6) is -0.0481. The molecule has 0 bridgehead atoms. The monoisotopic (exact) mass is 326 g/mol. The molecule has 0 aromatic heterocycles. The first kappa shape index (κ1) is 18.0. The maximum atomic E-state index is 12.2. The summed E-state index contributed by atoms with van der Waals surface area (Å²) in [4.78, 5) is 14.4. The van der Waals surface area contributed by atoms with Gasteiger partial charge >= 0.3 is 0 Å². The van der Waals surface area contributed by atoms with Gasteiger partial charge in [0.05, 0.1) is 6.61 Å². The van der Waals surface area contributed by atoms with Crippen LogP contribution in [-0.2, 0) is 13.0 Å². The van der Waals surface area contributed by atoms with E-state index in [1.807, 2.05) is 48.5 Å². The molecule has 1 amide bonds. The number of rotatable bonds is 8. The molecule has 24 heavy (non-hydrogen) atoms. The molecular weight excluding hydrogens is 300 g/mol. The molecule has 0 heterocycles. The van der Waals surface area contributed by atoms with Gasteiger partial charge in [-0.15, -0.1) is 0 Å². The van der Waals surface area contributed by atoms with Gasteiger partial charge in [-0.3, -0.25) is 4.79 Å². The fourth-order valence-electron chi connectivity index (χ4n) is 2.65. The molecule has 2 rings (SSSR count). The number of nitrogens with one attached hydrogen (secondary N) is 1. The van der Waals surface area contributed by atoms with Gasteiger partial charge in [0.15, 0.2) is 0 Å². The first-order chi connectivity index (χ1) is 11.7. The highest BCUT2D eigenvalue weighted by atomic mass is 16.3. The summed E-state index contributed by atoms with van der Waals surface area (Å²) in [6.07, 6.45) is 0.773. The second kappa shape index (κ2) is 9.08. The van der Waals surface area contributed by atoms with Crippen LogP contribution in [0.4, 0.5) is 5.69 Å². The van der Waals surface area contributed by atoms with Crippen LogP contribution in [0.25, 0.3) is 0 Å². The predicted octanol–water partition coefficient (Wildman–Crippen LogP) is 3.00. The molecule has 0 aliphatic heterocycles. The van der Waals surface area contributed by atoms with E-state index in [1.165, 1.54) is 0 Å². The zero-order valence-electron chi connectivity index (χ0n) is 14.5. The molecule has 0 spiro atoms. The topological polar surface area (TPSA) is 52.6 Å². The first-order valence-electron chi connectivity index (χ1n) is 8.49. The molecule has 2 N–H and O–H groups in total. The summed E-state index contributed by atoms with van der Waals surface area (Å²) < 4.78 is 0. The summed E-state index contributed by atoms with van der Waals surface area (Å²) in [6.45, 7) is 6.80. The van der Waals surface area contributed by atoms with Gasteiger partial charge in [-0.25, -0.2) is 0 Å². The molecule has 0 aliphatic rings. The number of amides is 1. The minimum absolute atomic E-state index is 0.0481. The summed E-state index contributed by atoms with van der Waals surface area (Å²) >= 11 is 0. The van der Waals surface area contributed by atoms with Gasteiger partial charge in [-0.2, -0.15) is 0 Å². The maximum absolute atomic E-state index is 12.2. The zero-order chi connectivity index (χ0) is 17.4. The minimum atomic E-state index is -0.0481. The molecule has 4 heteroatoms. The van der Waals surface area contributed by atoms with Crippen LogP contribution >= 0.6 is 0 Å². The molecule has 0 atom stereocenters. The number of aliphatic hydroxyl groups excluding tert-OH is 1. The van der Waals surface area contributed by atoms with Crippen molar-refractivity contribution in [3.8, 4) is 0 Å². The van der Waals surface area contributed by atoms with E-state index < -0.39 is 0 Å². The zero-order valence-corrected chi connectivity index (χ0v) is 14.5. The number of anilines is 1. The second-order valence-corrected chi connectivity index (χ2v) is 5.70. The number of nitrogens with zero attached hydrogens (tertiary/aromatic N) is 1. The van der Waals surface area contributed by atoms with Crippen LogP contribution in [0.2, 0.25) is 0 Å². The molecule has 128 valence electrons. The van der Waals surface area contributed by atoms with Crippen molar-refractivity contribution < 1.29 is 9.90 Å². The van der Waals surface area contributed by atoms with E-state index in [0.717, 1.165) is 36.3 Å². The summed E-state index contributed by atoms with van der Waals surface area (Å²) in [7, 11) is 0. The van der Waals surface area contributed by atoms with Gasteiger partial charge in [0.25, 0.3) is 5.91 Å². The van der Waals surface area contributed by atoms with E-state index in [-0.39, 0.29) is 12.5 Å². The summed E-state index contributed by atoms with van der Waals surface area (Å²) in [5.41, 5.74) is 3.86. The number of carbonyl (C=O) groups is 1. The number of aliphatic hydroxyl groups is 1. The van der Waals surface area contributed by atoms with E-state index in [9.17, 15) is 4.79 Å². The third-order valence-electron chi connectivity index (χ3n) is 4.16. The Morgan fingerprint density at radius 1 is 0.958 bits per heavy atom. The highest BCUT2D eigenvalue weighted by Crippen LogP contribution is 2.14. The Labute approximate surface area is 144 Å². The van der Waals surface area contributed by atoms with E-state index in [1.54, 1.807) is 0 Å². The lowest BCUT2D eigenvalue weighted by molar-refractivity contribution is 0.0954. The highest BCUT2D eigenvalue weighted by molar-refractivity contribution is 5.94. The molecular formula is C20H26N2O2. The molecule has 4 nitrogen and oxygen atoms in total. The molecule has 0 radical (unpaired) electrons. The van der Waals surface area contributed by atoms with Crippen molar-refractivity contribution in [2.24, 2.45) is 0 Å². The molecule has 2 aromatic rings. The Balaban J connectivity index is 1.85. The van der Waals surface area contributed by atoms with Crippen LogP contribution in [-0.4, -0.2) is 30.6 Å². The van der Waals surface area contributed by atoms with Gasteiger partial charge in [-0.05, 0) is 55.7 Å². The van der Waals surface area contributed by atoms with Crippen molar-refractivity contribution in [2.75, 3.05) is 24.5 Å². The van der Waals surface area contributed by atoms with Gasteiger partial charge in [0.1, 0.15) is 0 Å². The SMILES string of the molecule is CCN(CC)c1ccc(C(=O)NCCc2ccc(CO)cc2)cc1. The van der Waals surface area contributed by atoms with Crippen molar-refractivity contribution in [3.05, 3.63) is 65.2 Å². The van der Waals surface area contributed by atoms with E-state index in [4.69, 9.17) is 5.11 Å². The largest absolute Gasteiger partial charge is 0.392 e. The Morgan fingerprint density at radius 3 is 2.08 bits per heavy atom. The van der Waals surface area contributed by atoms with Crippen molar-refractivity contribution in [3.63, 3.8) is 0 Å². The van der Waals surface area contributed by atoms with Crippen LogP contribution < -0.4 is 10.2 Å². The van der Waals surface area contributed by atoms with Crippen LogP contribution in [0.15, 0.2) is 48.5 Å². The Morgan fingerprint density at radius 2 is 1.54 bits per heavy atom. The van der Waals surface area contributed by atoms with Crippen molar-refractivity contribution in [2.45, 2.75) is 26.9 Å². The number of carbonyl (C=O) groups excluding carboxylic acids is 1. The van der Waals surface area contributed by atoms with E-state index in [2.05, 4.69) is 24.1 Å². The van der Waals surface area contributed by atoms with E-state index >= 15 is 0 Å². The third kappa shape index (κ3) is 4.83. The van der Waals surface area contributed by atoms with Crippen molar-refractivity contribution >= 4 is 11.6 Å². The summed E-state index contributed by atoms with van der Waals surface area (Å²) in [5, 5.41) is 12.0. The lowest BCUT2D eigenvalue weighted by Crippen LogP contribution is -2.26. The smallest absolute Gasteiger partial charge is 0.251 e. The van der Waals surface area contributed by atoms with Crippen molar-refractivity contribution in [1.29, 1.82) is 0 Å². The minimum Gasteiger partial charge on any atom is -0.392 e. The Bertz CT molecular complexity index is 632. The third-order valence-corrected chi connectivity index (χ3v) is 4.16.